The van der Waals surface area contributed by atoms with Crippen molar-refractivity contribution in [3.05, 3.63) is 182 Å². The van der Waals surface area contributed by atoms with Crippen molar-refractivity contribution in [2.45, 2.75) is 0 Å². The summed E-state index contributed by atoms with van der Waals surface area (Å²) in [6.45, 7) is 0. The van der Waals surface area contributed by atoms with E-state index < -0.39 is 7.29 Å². The van der Waals surface area contributed by atoms with Gasteiger partial charge in [-0.1, -0.05) is 133 Å². The second kappa shape index (κ2) is 12.0. The van der Waals surface area contributed by atoms with Gasteiger partial charge in [-0.05, 0) is 54.1 Å². The van der Waals surface area contributed by atoms with E-state index in [9.17, 15) is 0 Å². The predicted molar refractivity (Wildman–Crippen MR) is 212 cm³/mol. The topological polar surface area (TPSA) is 63.9 Å². The fourth-order valence-corrected chi connectivity index (χ4v) is 10.3. The molecule has 7 aromatic carbocycles. The van der Waals surface area contributed by atoms with Crippen LogP contribution in [-0.2, 0) is 4.57 Å². The van der Waals surface area contributed by atoms with E-state index in [4.69, 9.17) is 15.0 Å². The number of anilines is 2. The molecule has 0 N–H and O–H groups in total. The highest BCUT2D eigenvalue weighted by atomic mass is 31.2. The zero-order valence-corrected chi connectivity index (χ0v) is 28.8. The molecule has 0 saturated carbocycles. The molecular formula is C45H30N5OP. The standard InChI is InChI=1S/C45H30N5OP/c51-52(45-47-43(31-16-4-1-5-17-31)46-44(48-45)32-18-6-2-7-19-32)42-27-15-12-24-37(42)35-22-11-14-26-41(35)50(52)34-28-29-40-38(30-34)36-23-10-13-25-39(36)49(40)33-20-8-3-9-21-33/h1-30H. The average molecular weight is 688 g/mol. The Labute approximate surface area is 300 Å². The summed E-state index contributed by atoms with van der Waals surface area (Å²) in [4.78, 5) is 15.1. The Kier molecular flexibility index (Phi) is 6.98. The quantitative estimate of drug-likeness (QED) is 0.169. The molecule has 1 aliphatic rings. The lowest BCUT2D eigenvalue weighted by Gasteiger charge is -2.39. The van der Waals surface area contributed by atoms with Crippen LogP contribution < -0.4 is 15.5 Å². The second-order valence-corrected chi connectivity index (χ2v) is 15.3. The van der Waals surface area contributed by atoms with E-state index in [0.717, 1.165) is 61.1 Å². The first kappa shape index (κ1) is 30.2. The zero-order chi connectivity index (χ0) is 34.6. The number of nitrogens with zero attached hydrogens (tertiary/aromatic N) is 5. The van der Waals surface area contributed by atoms with Crippen LogP contribution in [0.5, 0.6) is 0 Å². The Morgan fingerprint density at radius 2 is 1.00 bits per heavy atom. The molecular weight excluding hydrogens is 658 g/mol. The van der Waals surface area contributed by atoms with Crippen LogP contribution in [0.25, 0.3) is 61.4 Å². The van der Waals surface area contributed by atoms with Crippen molar-refractivity contribution < 1.29 is 4.57 Å². The average Bonchev–Trinajstić information content (AvgIpc) is 3.55. The van der Waals surface area contributed by atoms with E-state index in [1.54, 1.807) is 0 Å². The van der Waals surface area contributed by atoms with Crippen molar-refractivity contribution in [3.63, 3.8) is 0 Å². The Hall–Kier alpha value is -6.62. The summed E-state index contributed by atoms with van der Waals surface area (Å²) in [6, 6.07) is 61.1. The van der Waals surface area contributed by atoms with Gasteiger partial charge in [0.2, 0.25) is 5.57 Å². The van der Waals surface area contributed by atoms with Gasteiger partial charge >= 0.3 is 0 Å². The Morgan fingerprint density at radius 1 is 0.442 bits per heavy atom. The Morgan fingerprint density at radius 3 is 1.71 bits per heavy atom. The van der Waals surface area contributed by atoms with Gasteiger partial charge in [0.1, 0.15) is 0 Å². The summed E-state index contributed by atoms with van der Waals surface area (Å²) in [5.74, 6) is 0.940. The highest BCUT2D eigenvalue weighted by Gasteiger charge is 2.46. The van der Waals surface area contributed by atoms with Crippen LogP contribution in [0.1, 0.15) is 0 Å². The molecule has 7 heteroatoms. The van der Waals surface area contributed by atoms with Crippen molar-refractivity contribution in [2.24, 2.45) is 0 Å². The van der Waals surface area contributed by atoms with E-state index in [2.05, 4.69) is 77.4 Å². The van der Waals surface area contributed by atoms with E-state index >= 15 is 4.57 Å². The van der Waals surface area contributed by atoms with Crippen LogP contribution in [0.15, 0.2) is 182 Å². The van der Waals surface area contributed by atoms with Gasteiger partial charge in [-0.25, -0.2) is 15.0 Å². The normalized spacial score (nSPS) is 15.0. The number of hydrogen-bond acceptors (Lipinski definition) is 4. The third-order valence-electron chi connectivity index (χ3n) is 9.81. The minimum Gasteiger partial charge on any atom is -0.309 e. The lowest BCUT2D eigenvalue weighted by atomic mass is 10.0. The summed E-state index contributed by atoms with van der Waals surface area (Å²) >= 11 is 0. The van der Waals surface area contributed by atoms with Crippen molar-refractivity contribution in [1.29, 1.82) is 0 Å². The maximum Gasteiger partial charge on any atom is 0.270 e. The van der Waals surface area contributed by atoms with Gasteiger partial charge in [-0.3, -0.25) is 9.24 Å². The fourth-order valence-electron chi connectivity index (χ4n) is 7.49. The van der Waals surface area contributed by atoms with E-state index in [0.29, 0.717) is 17.0 Å². The predicted octanol–water partition coefficient (Wildman–Crippen LogP) is 10.4. The smallest absolute Gasteiger partial charge is 0.270 e. The molecule has 0 aliphatic carbocycles. The number of rotatable bonds is 5. The first-order chi connectivity index (χ1) is 25.7. The molecule has 1 atom stereocenters. The molecule has 1 unspecified atom stereocenters. The van der Waals surface area contributed by atoms with Crippen molar-refractivity contribution in [3.8, 4) is 39.6 Å². The Balaban J connectivity index is 1.28. The maximum atomic E-state index is 16.7. The number of para-hydroxylation sites is 3. The van der Waals surface area contributed by atoms with Gasteiger partial charge < -0.3 is 4.57 Å². The number of aromatic nitrogens is 4. The molecule has 52 heavy (non-hydrogen) atoms. The van der Waals surface area contributed by atoms with E-state index in [1.165, 1.54) is 0 Å². The lowest BCUT2D eigenvalue weighted by molar-refractivity contribution is 0.585. The van der Waals surface area contributed by atoms with Crippen LogP contribution in [0.2, 0.25) is 0 Å². The summed E-state index contributed by atoms with van der Waals surface area (Å²) < 4.78 is 21.0. The SMILES string of the molecule is O=P1(c2nc(-c3ccccc3)nc(-c3ccccc3)n2)c2ccccc2-c2ccccc2N1c1ccc2c(c1)c1ccccc1n2-c1ccccc1. The van der Waals surface area contributed by atoms with Crippen molar-refractivity contribution in [2.75, 3.05) is 4.67 Å². The van der Waals surface area contributed by atoms with Gasteiger partial charge in [0, 0.05) is 44.1 Å². The number of fused-ring (bicyclic) bond motifs is 6. The molecule has 10 rings (SSSR count). The fraction of sp³-hybridized carbons (Fsp3) is 0. The molecule has 0 fully saturated rings. The number of benzene rings is 7. The van der Waals surface area contributed by atoms with Crippen molar-refractivity contribution >= 4 is 51.3 Å². The monoisotopic (exact) mass is 687 g/mol. The minimum absolute atomic E-state index is 0.231. The molecule has 246 valence electrons. The van der Waals surface area contributed by atoms with Crippen LogP contribution in [0, 0.1) is 0 Å². The third kappa shape index (κ3) is 4.65. The maximum absolute atomic E-state index is 16.7. The molecule has 6 nitrogen and oxygen atoms in total. The summed E-state index contributed by atoms with van der Waals surface area (Å²) in [5.41, 5.74) is 8.64. The largest absolute Gasteiger partial charge is 0.309 e. The van der Waals surface area contributed by atoms with Gasteiger partial charge in [-0.15, -0.1) is 0 Å². The van der Waals surface area contributed by atoms with E-state index in [1.807, 2.05) is 114 Å². The van der Waals surface area contributed by atoms with Gasteiger partial charge in [-0.2, -0.15) is 0 Å². The molecule has 0 spiro atoms. The first-order valence-electron chi connectivity index (χ1n) is 17.2. The van der Waals surface area contributed by atoms with Gasteiger partial charge in [0.15, 0.2) is 11.6 Å². The summed E-state index contributed by atoms with van der Waals surface area (Å²) in [5, 5.41) is 2.86. The van der Waals surface area contributed by atoms with Crippen molar-refractivity contribution in [1.82, 2.24) is 19.5 Å². The molecule has 3 heterocycles. The Bertz CT molecular complexity index is 2780. The number of hydrogen-bond donors (Lipinski definition) is 0. The molecule has 9 aromatic rings. The second-order valence-electron chi connectivity index (χ2n) is 12.8. The molecule has 0 saturated heterocycles. The third-order valence-corrected chi connectivity index (χ3v) is 12.6. The van der Waals surface area contributed by atoms with Crippen LogP contribution in [0.3, 0.4) is 0 Å². The summed E-state index contributed by atoms with van der Waals surface area (Å²) in [6.07, 6.45) is 0. The van der Waals surface area contributed by atoms with E-state index in [-0.39, 0.29) is 5.57 Å². The summed E-state index contributed by atoms with van der Waals surface area (Å²) in [7, 11) is -3.84. The highest BCUT2D eigenvalue weighted by molar-refractivity contribution is 7.80. The molecule has 0 amide bonds. The first-order valence-corrected chi connectivity index (χ1v) is 18.9. The molecule has 1 aliphatic heterocycles. The molecule has 0 bridgehead atoms. The van der Waals surface area contributed by atoms with Gasteiger partial charge in [0.05, 0.1) is 16.7 Å². The molecule has 0 radical (unpaired) electrons. The van der Waals surface area contributed by atoms with Crippen LogP contribution >= 0.6 is 7.29 Å². The van der Waals surface area contributed by atoms with Gasteiger partial charge in [0.25, 0.3) is 7.29 Å². The zero-order valence-electron chi connectivity index (χ0n) is 27.9. The molecule has 2 aromatic heterocycles. The van der Waals surface area contributed by atoms with Crippen LogP contribution in [-0.4, -0.2) is 19.5 Å². The minimum atomic E-state index is -3.84. The van der Waals surface area contributed by atoms with Crippen LogP contribution in [0.4, 0.5) is 11.4 Å². The highest BCUT2D eigenvalue weighted by Crippen LogP contribution is 2.61. The lowest BCUT2D eigenvalue weighted by Crippen LogP contribution is -2.36.